The third-order valence-electron chi connectivity index (χ3n) is 3.34. The van der Waals surface area contributed by atoms with Crippen molar-refractivity contribution in [1.82, 2.24) is 10.2 Å². The van der Waals surface area contributed by atoms with Crippen LogP contribution in [0.4, 0.5) is 8.78 Å². The van der Waals surface area contributed by atoms with E-state index < -0.39 is 17.5 Å². The Balaban J connectivity index is 1.87. The first kappa shape index (κ1) is 15.4. The summed E-state index contributed by atoms with van der Waals surface area (Å²) in [5, 5.41) is 11.7. The molecule has 0 aliphatic carbocycles. The molecule has 114 valence electrons. The Morgan fingerprint density at radius 1 is 1.19 bits per heavy atom. The average Bonchev–Trinajstić information content (AvgIpc) is 2.44. The van der Waals surface area contributed by atoms with Crippen molar-refractivity contribution in [3.63, 3.8) is 0 Å². The zero-order chi connectivity index (χ0) is 15.4. The molecule has 5 nitrogen and oxygen atoms in total. The molecule has 0 radical (unpaired) electrons. The van der Waals surface area contributed by atoms with E-state index in [2.05, 4.69) is 5.32 Å². The Kier molecular flexibility index (Phi) is 4.85. The Labute approximate surface area is 120 Å². The number of hydrogen-bond acceptors (Lipinski definition) is 3. The minimum atomic E-state index is -0.850. The van der Waals surface area contributed by atoms with Crippen LogP contribution in [0.15, 0.2) is 18.2 Å². The number of hydrogen-bond donors (Lipinski definition) is 2. The molecule has 0 atom stereocenters. The lowest BCUT2D eigenvalue weighted by atomic mass is 10.1. The number of nitrogens with one attached hydrogen (secondary N) is 1. The zero-order valence-electron chi connectivity index (χ0n) is 11.3. The number of aliphatic hydroxyl groups excluding tert-OH is 1. The normalized spacial score (nSPS) is 15.9. The number of halogens is 2. The molecule has 1 aromatic carbocycles. The SMILES string of the molecule is O=C(NCC(=O)N1CCC(O)CC1)c1cc(F)cc(F)c1. The largest absolute Gasteiger partial charge is 0.393 e. The predicted octanol–water partition coefficient (Wildman–Crippen LogP) is 0.678. The number of carbonyl (C=O) groups excluding carboxylic acids is 2. The lowest BCUT2D eigenvalue weighted by molar-refractivity contribution is -0.132. The monoisotopic (exact) mass is 298 g/mol. The van der Waals surface area contributed by atoms with Gasteiger partial charge in [-0.2, -0.15) is 0 Å². The van der Waals surface area contributed by atoms with Gasteiger partial charge in [0.15, 0.2) is 0 Å². The molecule has 0 bridgehead atoms. The van der Waals surface area contributed by atoms with E-state index in [1.807, 2.05) is 0 Å². The van der Waals surface area contributed by atoms with E-state index in [1.54, 1.807) is 4.90 Å². The van der Waals surface area contributed by atoms with Gasteiger partial charge in [0.2, 0.25) is 5.91 Å². The quantitative estimate of drug-likeness (QED) is 0.862. The Morgan fingerprint density at radius 3 is 2.33 bits per heavy atom. The van der Waals surface area contributed by atoms with Crippen molar-refractivity contribution in [2.24, 2.45) is 0 Å². The van der Waals surface area contributed by atoms with E-state index in [0.717, 1.165) is 12.1 Å². The maximum absolute atomic E-state index is 13.0. The predicted molar refractivity (Wildman–Crippen MR) is 70.5 cm³/mol. The number of nitrogens with zero attached hydrogens (tertiary/aromatic N) is 1. The van der Waals surface area contributed by atoms with Crippen molar-refractivity contribution < 1.29 is 23.5 Å². The standard InChI is InChI=1S/C14H16F2N2O3/c15-10-5-9(6-11(16)7-10)14(21)17-8-13(20)18-3-1-12(19)2-4-18/h5-7,12,19H,1-4,8H2,(H,17,21). The molecule has 0 spiro atoms. The smallest absolute Gasteiger partial charge is 0.251 e. The lowest BCUT2D eigenvalue weighted by Gasteiger charge is -2.29. The molecule has 0 unspecified atom stereocenters. The summed E-state index contributed by atoms with van der Waals surface area (Å²) >= 11 is 0. The van der Waals surface area contributed by atoms with Gasteiger partial charge in [-0.25, -0.2) is 8.78 Å². The molecule has 1 heterocycles. The van der Waals surface area contributed by atoms with Crippen LogP contribution < -0.4 is 5.32 Å². The maximum Gasteiger partial charge on any atom is 0.251 e. The summed E-state index contributed by atoms with van der Waals surface area (Å²) in [6.45, 7) is 0.627. The molecule has 0 aromatic heterocycles. The summed E-state index contributed by atoms with van der Waals surface area (Å²) in [7, 11) is 0. The second-order valence-electron chi connectivity index (χ2n) is 4.95. The Hall–Kier alpha value is -2.02. The van der Waals surface area contributed by atoms with E-state index in [4.69, 9.17) is 0 Å². The molecule has 7 heteroatoms. The van der Waals surface area contributed by atoms with E-state index >= 15 is 0 Å². The third kappa shape index (κ3) is 4.22. The fourth-order valence-electron chi connectivity index (χ4n) is 2.17. The van der Waals surface area contributed by atoms with Crippen LogP contribution in [0, 0.1) is 11.6 Å². The third-order valence-corrected chi connectivity index (χ3v) is 3.34. The second-order valence-corrected chi connectivity index (χ2v) is 4.95. The molecular formula is C14H16F2N2O3. The van der Waals surface area contributed by atoms with Gasteiger partial charge in [0.1, 0.15) is 11.6 Å². The van der Waals surface area contributed by atoms with Crippen LogP contribution in [0.3, 0.4) is 0 Å². The van der Waals surface area contributed by atoms with Gasteiger partial charge in [-0.1, -0.05) is 0 Å². The number of aliphatic hydroxyl groups is 1. The molecule has 1 aliphatic heterocycles. The van der Waals surface area contributed by atoms with Crippen LogP contribution >= 0.6 is 0 Å². The van der Waals surface area contributed by atoms with E-state index in [-0.39, 0.29) is 24.1 Å². The van der Waals surface area contributed by atoms with Gasteiger partial charge in [0, 0.05) is 24.7 Å². The van der Waals surface area contributed by atoms with Gasteiger partial charge < -0.3 is 15.3 Å². The molecule has 0 saturated carbocycles. The lowest BCUT2D eigenvalue weighted by Crippen LogP contribution is -2.45. The number of amides is 2. The highest BCUT2D eigenvalue weighted by Crippen LogP contribution is 2.10. The first-order chi connectivity index (χ1) is 9.95. The second kappa shape index (κ2) is 6.62. The minimum absolute atomic E-state index is 0.172. The van der Waals surface area contributed by atoms with Crippen molar-refractivity contribution in [2.45, 2.75) is 18.9 Å². The summed E-state index contributed by atoms with van der Waals surface area (Å²) < 4.78 is 26.0. The van der Waals surface area contributed by atoms with Crippen LogP contribution in [-0.2, 0) is 4.79 Å². The summed E-state index contributed by atoms with van der Waals surface area (Å²) in [5.41, 5.74) is -0.172. The number of likely N-dealkylation sites (tertiary alicyclic amines) is 1. The number of piperidine rings is 1. The highest BCUT2D eigenvalue weighted by molar-refractivity contribution is 5.96. The van der Waals surface area contributed by atoms with Crippen molar-refractivity contribution in [1.29, 1.82) is 0 Å². The number of carbonyl (C=O) groups is 2. The molecule has 2 N–H and O–H groups in total. The highest BCUT2D eigenvalue weighted by atomic mass is 19.1. The molecule has 1 fully saturated rings. The van der Waals surface area contributed by atoms with Crippen molar-refractivity contribution >= 4 is 11.8 Å². The van der Waals surface area contributed by atoms with Crippen LogP contribution in [0.2, 0.25) is 0 Å². The number of benzene rings is 1. The fraction of sp³-hybridized carbons (Fsp3) is 0.429. The van der Waals surface area contributed by atoms with Gasteiger partial charge in [-0.3, -0.25) is 9.59 Å². The fourth-order valence-corrected chi connectivity index (χ4v) is 2.17. The molecule has 2 rings (SSSR count). The van der Waals surface area contributed by atoms with Gasteiger partial charge in [-0.15, -0.1) is 0 Å². The van der Waals surface area contributed by atoms with Crippen molar-refractivity contribution in [2.75, 3.05) is 19.6 Å². The van der Waals surface area contributed by atoms with Crippen LogP contribution in [0.5, 0.6) is 0 Å². The summed E-state index contributed by atoms with van der Waals surface area (Å²) in [6, 6.07) is 2.47. The van der Waals surface area contributed by atoms with Gasteiger partial charge in [0.05, 0.1) is 12.6 Å². The van der Waals surface area contributed by atoms with E-state index in [0.29, 0.717) is 32.0 Å². The Bertz CT molecular complexity index is 523. The highest BCUT2D eigenvalue weighted by Gasteiger charge is 2.21. The van der Waals surface area contributed by atoms with Crippen molar-refractivity contribution in [3.05, 3.63) is 35.4 Å². The number of rotatable bonds is 3. The average molecular weight is 298 g/mol. The topological polar surface area (TPSA) is 69.6 Å². The summed E-state index contributed by atoms with van der Waals surface area (Å²) in [5.74, 6) is -2.70. The Morgan fingerprint density at radius 2 is 1.76 bits per heavy atom. The summed E-state index contributed by atoms with van der Waals surface area (Å²) in [6.07, 6.45) is 0.628. The first-order valence-electron chi connectivity index (χ1n) is 6.66. The van der Waals surface area contributed by atoms with Crippen LogP contribution in [0.1, 0.15) is 23.2 Å². The molecular weight excluding hydrogens is 282 g/mol. The molecule has 2 amide bonds. The van der Waals surface area contributed by atoms with E-state index in [1.165, 1.54) is 0 Å². The molecule has 1 aromatic rings. The van der Waals surface area contributed by atoms with Gasteiger partial charge in [0.25, 0.3) is 5.91 Å². The minimum Gasteiger partial charge on any atom is -0.393 e. The van der Waals surface area contributed by atoms with Crippen LogP contribution in [-0.4, -0.2) is 47.6 Å². The molecule has 21 heavy (non-hydrogen) atoms. The van der Waals surface area contributed by atoms with Gasteiger partial charge in [-0.05, 0) is 25.0 Å². The van der Waals surface area contributed by atoms with Crippen LogP contribution in [0.25, 0.3) is 0 Å². The zero-order valence-corrected chi connectivity index (χ0v) is 11.3. The van der Waals surface area contributed by atoms with Crippen molar-refractivity contribution in [3.8, 4) is 0 Å². The maximum atomic E-state index is 13.0. The van der Waals surface area contributed by atoms with Gasteiger partial charge >= 0.3 is 0 Å². The first-order valence-corrected chi connectivity index (χ1v) is 6.66. The summed E-state index contributed by atoms with van der Waals surface area (Å²) in [4.78, 5) is 25.1. The molecule has 1 saturated heterocycles. The molecule has 1 aliphatic rings. The van der Waals surface area contributed by atoms with E-state index in [9.17, 15) is 23.5 Å².